The Bertz CT molecular complexity index is 896. The van der Waals surface area contributed by atoms with Gasteiger partial charge in [0.25, 0.3) is 0 Å². The number of nitrogens with zero attached hydrogens (tertiary/aromatic N) is 2. The van der Waals surface area contributed by atoms with Gasteiger partial charge in [0.05, 0.1) is 12.1 Å². The van der Waals surface area contributed by atoms with Crippen LogP contribution in [-0.2, 0) is 20.7 Å². The number of hydrogen-bond donors (Lipinski definition) is 1. The van der Waals surface area contributed by atoms with E-state index < -0.39 is 11.9 Å². The van der Waals surface area contributed by atoms with Crippen molar-refractivity contribution in [2.75, 3.05) is 18.5 Å². The van der Waals surface area contributed by atoms with Crippen molar-refractivity contribution in [2.24, 2.45) is 0 Å². The number of rotatable bonds is 11. The van der Waals surface area contributed by atoms with Crippen LogP contribution in [0.5, 0.6) is 0 Å². The molecule has 0 saturated carbocycles. The van der Waals surface area contributed by atoms with Gasteiger partial charge in [-0.3, -0.25) is 19.5 Å². The largest absolute Gasteiger partial charge is 0.393 e. The number of anilines is 1. The van der Waals surface area contributed by atoms with E-state index in [1.807, 2.05) is 30.3 Å². The summed E-state index contributed by atoms with van der Waals surface area (Å²) >= 11 is 0. The van der Waals surface area contributed by atoms with Gasteiger partial charge in [-0.2, -0.15) is 0 Å². The standard InChI is InChI=1S/C25H33N3O4/c1-4-5-6-7-8-16-27-25(31)28(3)22-15-17-26-23(18-22)21-12-9-20(10-13-21)11-14-24(30)32-19(2)29/h9-10,12-13,15,17-18H,4-8,11,14,16H2,1-3H3,(H,27,31). The second-order valence-electron chi connectivity index (χ2n) is 7.77. The van der Waals surface area contributed by atoms with E-state index in [4.69, 9.17) is 0 Å². The molecule has 0 fully saturated rings. The summed E-state index contributed by atoms with van der Waals surface area (Å²) in [5.74, 6) is -1.12. The summed E-state index contributed by atoms with van der Waals surface area (Å²) in [6.07, 6.45) is 8.08. The van der Waals surface area contributed by atoms with Crippen LogP contribution < -0.4 is 10.2 Å². The third kappa shape index (κ3) is 8.49. The average Bonchev–Trinajstić information content (AvgIpc) is 2.79. The number of benzene rings is 1. The zero-order chi connectivity index (χ0) is 23.3. The van der Waals surface area contributed by atoms with E-state index in [9.17, 15) is 14.4 Å². The van der Waals surface area contributed by atoms with E-state index in [1.165, 1.54) is 26.2 Å². The van der Waals surface area contributed by atoms with Crippen LogP contribution >= 0.6 is 0 Å². The molecule has 32 heavy (non-hydrogen) atoms. The van der Waals surface area contributed by atoms with E-state index >= 15 is 0 Å². The molecule has 2 amide bonds. The second-order valence-corrected chi connectivity index (χ2v) is 7.77. The van der Waals surface area contributed by atoms with Gasteiger partial charge < -0.3 is 10.1 Å². The Kier molecular flexibility index (Phi) is 10.4. The van der Waals surface area contributed by atoms with Crippen LogP contribution in [-0.4, -0.2) is 36.5 Å². The number of amides is 2. The summed E-state index contributed by atoms with van der Waals surface area (Å²) in [6.45, 7) is 4.07. The van der Waals surface area contributed by atoms with Crippen LogP contribution in [0.25, 0.3) is 11.3 Å². The Morgan fingerprint density at radius 3 is 2.44 bits per heavy atom. The lowest BCUT2D eigenvalue weighted by molar-refractivity contribution is -0.157. The molecule has 1 N–H and O–H groups in total. The number of esters is 2. The zero-order valence-corrected chi connectivity index (χ0v) is 19.2. The molecule has 0 bridgehead atoms. The number of carbonyl (C=O) groups excluding carboxylic acids is 3. The summed E-state index contributed by atoms with van der Waals surface area (Å²) < 4.78 is 4.54. The highest BCUT2D eigenvalue weighted by Crippen LogP contribution is 2.23. The molecular weight excluding hydrogens is 406 g/mol. The molecule has 0 aliphatic rings. The molecule has 2 aromatic rings. The van der Waals surface area contributed by atoms with Crippen molar-refractivity contribution in [3.05, 3.63) is 48.2 Å². The van der Waals surface area contributed by atoms with E-state index in [0.29, 0.717) is 13.0 Å². The smallest absolute Gasteiger partial charge is 0.321 e. The fourth-order valence-electron chi connectivity index (χ4n) is 3.25. The van der Waals surface area contributed by atoms with Crippen LogP contribution in [0.2, 0.25) is 0 Å². The maximum Gasteiger partial charge on any atom is 0.321 e. The second kappa shape index (κ2) is 13.2. The van der Waals surface area contributed by atoms with Gasteiger partial charge in [-0.15, -0.1) is 0 Å². The van der Waals surface area contributed by atoms with Crippen LogP contribution in [0.3, 0.4) is 0 Å². The molecule has 0 saturated heterocycles. The summed E-state index contributed by atoms with van der Waals surface area (Å²) in [4.78, 5) is 40.8. The Hall–Kier alpha value is -3.22. The van der Waals surface area contributed by atoms with E-state index in [1.54, 1.807) is 24.2 Å². The molecule has 0 aliphatic carbocycles. The number of nitrogens with one attached hydrogen (secondary N) is 1. The number of aromatic nitrogens is 1. The first-order valence-electron chi connectivity index (χ1n) is 11.2. The lowest BCUT2D eigenvalue weighted by Crippen LogP contribution is -2.37. The topological polar surface area (TPSA) is 88.6 Å². The van der Waals surface area contributed by atoms with Gasteiger partial charge in [-0.1, -0.05) is 56.9 Å². The molecule has 7 heteroatoms. The van der Waals surface area contributed by atoms with Crippen molar-refractivity contribution in [2.45, 2.75) is 58.8 Å². The number of aryl methyl sites for hydroxylation is 1. The minimum Gasteiger partial charge on any atom is -0.393 e. The van der Waals surface area contributed by atoms with Crippen LogP contribution in [0, 0.1) is 0 Å². The molecule has 7 nitrogen and oxygen atoms in total. The van der Waals surface area contributed by atoms with Gasteiger partial charge in [0.15, 0.2) is 0 Å². The summed E-state index contributed by atoms with van der Waals surface area (Å²) in [5, 5.41) is 2.97. The van der Waals surface area contributed by atoms with Crippen molar-refractivity contribution in [3.63, 3.8) is 0 Å². The van der Waals surface area contributed by atoms with Gasteiger partial charge in [-0.25, -0.2) is 4.79 Å². The number of hydrogen-bond acceptors (Lipinski definition) is 5. The fraction of sp³-hybridized carbons (Fsp3) is 0.440. The molecule has 172 valence electrons. The van der Waals surface area contributed by atoms with Gasteiger partial charge in [-0.05, 0) is 30.5 Å². The summed E-state index contributed by atoms with van der Waals surface area (Å²) in [5.41, 5.74) is 3.38. The average molecular weight is 440 g/mol. The number of ether oxygens (including phenoxy) is 1. The molecule has 0 unspecified atom stereocenters. The Morgan fingerprint density at radius 1 is 1.03 bits per heavy atom. The maximum absolute atomic E-state index is 12.5. The van der Waals surface area contributed by atoms with Crippen LogP contribution in [0.1, 0.15) is 57.9 Å². The van der Waals surface area contributed by atoms with E-state index in [2.05, 4.69) is 22.0 Å². The maximum atomic E-state index is 12.5. The van der Waals surface area contributed by atoms with Gasteiger partial charge >= 0.3 is 18.0 Å². The Morgan fingerprint density at radius 2 is 1.75 bits per heavy atom. The number of urea groups is 1. The van der Waals surface area contributed by atoms with Crippen LogP contribution in [0.4, 0.5) is 10.5 Å². The van der Waals surface area contributed by atoms with Gasteiger partial charge in [0.1, 0.15) is 0 Å². The van der Waals surface area contributed by atoms with Gasteiger partial charge in [0.2, 0.25) is 0 Å². The third-order valence-corrected chi connectivity index (χ3v) is 5.12. The molecule has 1 heterocycles. The van der Waals surface area contributed by atoms with Gasteiger partial charge in [0, 0.05) is 38.0 Å². The van der Waals surface area contributed by atoms with Crippen molar-refractivity contribution in [1.29, 1.82) is 0 Å². The highest BCUT2D eigenvalue weighted by Gasteiger charge is 2.12. The monoisotopic (exact) mass is 439 g/mol. The van der Waals surface area contributed by atoms with Crippen molar-refractivity contribution >= 4 is 23.7 Å². The predicted molar refractivity (Wildman–Crippen MR) is 125 cm³/mol. The minimum atomic E-state index is -0.595. The molecule has 2 rings (SSSR count). The van der Waals surface area contributed by atoms with Crippen molar-refractivity contribution < 1.29 is 19.1 Å². The lowest BCUT2D eigenvalue weighted by Gasteiger charge is -2.18. The Labute approximate surface area is 190 Å². The molecule has 1 aromatic carbocycles. The molecule has 0 spiro atoms. The third-order valence-electron chi connectivity index (χ3n) is 5.12. The highest BCUT2D eigenvalue weighted by molar-refractivity contribution is 5.91. The molecule has 0 radical (unpaired) electrons. The highest BCUT2D eigenvalue weighted by atomic mass is 16.6. The number of pyridine rings is 1. The summed E-state index contributed by atoms with van der Waals surface area (Å²) in [7, 11) is 1.74. The van der Waals surface area contributed by atoms with Crippen LogP contribution in [0.15, 0.2) is 42.6 Å². The molecular formula is C25H33N3O4. The lowest BCUT2D eigenvalue weighted by atomic mass is 10.0. The SMILES string of the molecule is CCCCCCCNC(=O)N(C)c1ccnc(-c2ccc(CCC(=O)OC(C)=O)cc2)c1. The fourth-order valence-corrected chi connectivity index (χ4v) is 3.25. The number of unbranched alkanes of at least 4 members (excludes halogenated alkanes) is 4. The zero-order valence-electron chi connectivity index (χ0n) is 19.2. The van der Waals surface area contributed by atoms with E-state index in [0.717, 1.165) is 35.3 Å². The first-order valence-corrected chi connectivity index (χ1v) is 11.2. The summed E-state index contributed by atoms with van der Waals surface area (Å²) in [6, 6.07) is 11.2. The van der Waals surface area contributed by atoms with Crippen molar-refractivity contribution in [1.82, 2.24) is 10.3 Å². The first kappa shape index (κ1) is 25.0. The normalized spacial score (nSPS) is 10.5. The molecule has 0 aliphatic heterocycles. The number of carbonyl (C=O) groups is 3. The van der Waals surface area contributed by atoms with Crippen molar-refractivity contribution in [3.8, 4) is 11.3 Å². The predicted octanol–water partition coefficient (Wildman–Crippen LogP) is 4.89. The quantitative estimate of drug-likeness (QED) is 0.306. The first-order chi connectivity index (χ1) is 15.4. The van der Waals surface area contributed by atoms with E-state index in [-0.39, 0.29) is 12.5 Å². The Balaban J connectivity index is 1.91. The molecule has 0 atom stereocenters. The minimum absolute atomic E-state index is 0.134. The molecule has 1 aromatic heterocycles.